The highest BCUT2D eigenvalue weighted by Crippen LogP contribution is 2.31. The first kappa shape index (κ1) is 15.2. The minimum Gasteiger partial charge on any atom is -0.392 e. The van der Waals surface area contributed by atoms with Crippen LogP contribution in [0.3, 0.4) is 0 Å². The highest BCUT2D eigenvalue weighted by molar-refractivity contribution is 7.14. The quantitative estimate of drug-likeness (QED) is 0.889. The Kier molecular flexibility index (Phi) is 4.74. The van der Waals surface area contributed by atoms with Gasteiger partial charge in [0, 0.05) is 17.5 Å². The van der Waals surface area contributed by atoms with Gasteiger partial charge in [0.25, 0.3) is 0 Å². The summed E-state index contributed by atoms with van der Waals surface area (Å²) in [6, 6.07) is 2.73. The first-order chi connectivity index (χ1) is 10.1. The van der Waals surface area contributed by atoms with Gasteiger partial charge in [0.2, 0.25) is 0 Å². The molecule has 3 atom stereocenters. The van der Waals surface area contributed by atoms with Gasteiger partial charge in [-0.15, -0.1) is 22.7 Å². The third-order valence-corrected chi connectivity index (χ3v) is 5.93. The van der Waals surface area contributed by atoms with Gasteiger partial charge in [0.1, 0.15) is 0 Å². The molecule has 2 aromatic heterocycles. The lowest BCUT2D eigenvalue weighted by Gasteiger charge is -2.31. The number of aryl methyl sites for hydroxylation is 1. The molecule has 2 N–H and O–H groups in total. The molecular formula is C16H22N2OS2. The van der Waals surface area contributed by atoms with Gasteiger partial charge in [-0.1, -0.05) is 12.8 Å². The summed E-state index contributed by atoms with van der Waals surface area (Å²) in [6.07, 6.45) is 4.18. The smallest absolute Gasteiger partial charge is 0.0914 e. The first-order valence-electron chi connectivity index (χ1n) is 7.58. The van der Waals surface area contributed by atoms with E-state index in [4.69, 9.17) is 0 Å². The lowest BCUT2D eigenvalue weighted by atomic mass is 9.92. The zero-order chi connectivity index (χ0) is 14.8. The summed E-state index contributed by atoms with van der Waals surface area (Å²) < 4.78 is 0. The van der Waals surface area contributed by atoms with Crippen molar-refractivity contribution in [1.82, 2.24) is 10.3 Å². The number of aromatic nitrogens is 1. The van der Waals surface area contributed by atoms with Gasteiger partial charge >= 0.3 is 0 Å². The fraction of sp³-hybridized carbons (Fsp3) is 0.562. The van der Waals surface area contributed by atoms with Crippen LogP contribution in [0.25, 0.3) is 10.6 Å². The molecule has 0 aliphatic heterocycles. The molecule has 3 nitrogen and oxygen atoms in total. The van der Waals surface area contributed by atoms with Gasteiger partial charge < -0.3 is 10.4 Å². The highest BCUT2D eigenvalue weighted by Gasteiger charge is 2.24. The van der Waals surface area contributed by atoms with Crippen molar-refractivity contribution in [3.8, 4) is 10.6 Å². The Labute approximate surface area is 134 Å². The number of aliphatic hydroxyl groups excluding tert-OH is 1. The van der Waals surface area contributed by atoms with E-state index in [9.17, 15) is 5.11 Å². The van der Waals surface area contributed by atoms with Gasteiger partial charge in [-0.2, -0.15) is 0 Å². The van der Waals surface area contributed by atoms with Crippen LogP contribution in [-0.4, -0.2) is 22.2 Å². The average molecular weight is 322 g/mol. The molecule has 0 amide bonds. The summed E-state index contributed by atoms with van der Waals surface area (Å²) in [7, 11) is 0. The van der Waals surface area contributed by atoms with E-state index in [0.717, 1.165) is 30.0 Å². The number of nitrogens with zero attached hydrogens (tertiary/aromatic N) is 1. The molecule has 1 saturated carbocycles. The summed E-state index contributed by atoms with van der Waals surface area (Å²) in [6.45, 7) is 4.22. The summed E-state index contributed by atoms with van der Waals surface area (Å²) in [5, 5.41) is 19.1. The number of rotatable bonds is 4. The van der Waals surface area contributed by atoms with Crippen molar-refractivity contribution in [3.63, 3.8) is 0 Å². The van der Waals surface area contributed by atoms with Crippen LogP contribution in [0.2, 0.25) is 0 Å². The molecule has 0 unspecified atom stereocenters. The van der Waals surface area contributed by atoms with Crippen LogP contribution in [0.5, 0.6) is 0 Å². The summed E-state index contributed by atoms with van der Waals surface area (Å²) in [5.74, 6) is 0. The monoisotopic (exact) mass is 322 g/mol. The molecule has 0 spiro atoms. The number of thiophene rings is 1. The van der Waals surface area contributed by atoms with Gasteiger partial charge in [-0.05, 0) is 43.7 Å². The number of hydrogen-bond acceptors (Lipinski definition) is 5. The lowest BCUT2D eigenvalue weighted by molar-refractivity contribution is 0.0860. The van der Waals surface area contributed by atoms with Crippen molar-refractivity contribution in [1.29, 1.82) is 0 Å². The lowest BCUT2D eigenvalue weighted by Crippen LogP contribution is -2.43. The maximum absolute atomic E-state index is 10.1. The topological polar surface area (TPSA) is 45.2 Å². The van der Waals surface area contributed by atoms with E-state index in [1.54, 1.807) is 22.7 Å². The fourth-order valence-corrected chi connectivity index (χ4v) is 4.56. The predicted octanol–water partition coefficient (Wildman–Crippen LogP) is 4.13. The Morgan fingerprint density at radius 2 is 2.10 bits per heavy atom. The van der Waals surface area contributed by atoms with Gasteiger partial charge in [0.15, 0.2) is 0 Å². The SMILES string of the molecule is Cc1nc(-c2cc([C@H](C)N[C@H]3CCCC[C@H]3O)cs2)cs1. The summed E-state index contributed by atoms with van der Waals surface area (Å²) >= 11 is 3.44. The number of nitrogens with one attached hydrogen (secondary N) is 1. The van der Waals surface area contributed by atoms with Crippen molar-refractivity contribution in [3.05, 3.63) is 27.4 Å². The van der Waals surface area contributed by atoms with E-state index in [1.165, 1.54) is 16.9 Å². The van der Waals surface area contributed by atoms with E-state index < -0.39 is 0 Å². The third kappa shape index (κ3) is 3.54. The Morgan fingerprint density at radius 1 is 1.29 bits per heavy atom. The Bertz CT molecular complexity index is 593. The molecule has 2 aromatic rings. The van der Waals surface area contributed by atoms with Crippen LogP contribution in [-0.2, 0) is 0 Å². The summed E-state index contributed by atoms with van der Waals surface area (Å²) in [4.78, 5) is 5.78. The minimum absolute atomic E-state index is 0.194. The van der Waals surface area contributed by atoms with Crippen LogP contribution in [0.4, 0.5) is 0 Å². The molecule has 5 heteroatoms. The fourth-order valence-electron chi connectivity index (χ4n) is 2.91. The van der Waals surface area contributed by atoms with E-state index >= 15 is 0 Å². The maximum Gasteiger partial charge on any atom is 0.0914 e. The molecule has 114 valence electrons. The number of thiazole rings is 1. The molecule has 21 heavy (non-hydrogen) atoms. The largest absolute Gasteiger partial charge is 0.392 e. The molecule has 1 aliphatic rings. The second-order valence-corrected chi connectivity index (χ2v) is 7.82. The Morgan fingerprint density at radius 3 is 2.81 bits per heavy atom. The van der Waals surface area contributed by atoms with E-state index in [2.05, 4.69) is 34.1 Å². The highest BCUT2D eigenvalue weighted by atomic mass is 32.1. The Balaban J connectivity index is 1.67. The van der Waals surface area contributed by atoms with Crippen LogP contribution in [0, 0.1) is 6.92 Å². The van der Waals surface area contributed by atoms with E-state index in [0.29, 0.717) is 0 Å². The standard InChI is InChI=1S/C16H22N2OS2/c1-10(17-13-5-3-4-6-15(13)19)12-7-16(21-8-12)14-9-20-11(2)18-14/h7-10,13,15,17,19H,3-6H2,1-2H3/t10-,13-,15+/m0/s1. The van der Waals surface area contributed by atoms with Crippen LogP contribution in [0.1, 0.15) is 49.2 Å². The maximum atomic E-state index is 10.1. The zero-order valence-electron chi connectivity index (χ0n) is 12.5. The van der Waals surface area contributed by atoms with Crippen LogP contribution < -0.4 is 5.32 Å². The molecular weight excluding hydrogens is 300 g/mol. The average Bonchev–Trinajstić information content (AvgIpc) is 3.10. The van der Waals surface area contributed by atoms with Crippen LogP contribution >= 0.6 is 22.7 Å². The Hall–Kier alpha value is -0.750. The zero-order valence-corrected chi connectivity index (χ0v) is 14.1. The molecule has 2 heterocycles. The van der Waals surface area contributed by atoms with Crippen molar-refractivity contribution >= 4 is 22.7 Å². The van der Waals surface area contributed by atoms with E-state index in [-0.39, 0.29) is 18.2 Å². The normalized spacial score (nSPS) is 24.1. The molecule has 0 radical (unpaired) electrons. The number of aliphatic hydroxyl groups is 1. The molecule has 1 aliphatic carbocycles. The number of hydrogen-bond donors (Lipinski definition) is 2. The molecule has 0 bridgehead atoms. The molecule has 1 fully saturated rings. The van der Waals surface area contributed by atoms with Crippen molar-refractivity contribution in [2.24, 2.45) is 0 Å². The second-order valence-electron chi connectivity index (χ2n) is 5.84. The van der Waals surface area contributed by atoms with Crippen molar-refractivity contribution in [2.45, 2.75) is 57.7 Å². The van der Waals surface area contributed by atoms with Crippen LogP contribution in [0.15, 0.2) is 16.8 Å². The molecule has 3 rings (SSSR count). The molecule has 0 aromatic carbocycles. The summed E-state index contributed by atoms with van der Waals surface area (Å²) in [5.41, 5.74) is 2.37. The van der Waals surface area contributed by atoms with Crippen molar-refractivity contribution < 1.29 is 5.11 Å². The molecule has 0 saturated heterocycles. The van der Waals surface area contributed by atoms with Gasteiger partial charge in [0.05, 0.1) is 21.7 Å². The minimum atomic E-state index is -0.194. The second kappa shape index (κ2) is 6.57. The van der Waals surface area contributed by atoms with Gasteiger partial charge in [-0.25, -0.2) is 4.98 Å². The van der Waals surface area contributed by atoms with E-state index in [1.807, 2.05) is 6.92 Å². The van der Waals surface area contributed by atoms with Crippen molar-refractivity contribution in [2.75, 3.05) is 0 Å². The van der Waals surface area contributed by atoms with Gasteiger partial charge in [-0.3, -0.25) is 0 Å². The predicted molar refractivity (Wildman–Crippen MR) is 90.0 cm³/mol. The first-order valence-corrected chi connectivity index (χ1v) is 9.34. The third-order valence-electron chi connectivity index (χ3n) is 4.18.